The third-order valence-electron chi connectivity index (χ3n) is 2.41. The smallest absolute Gasteiger partial charge is 0.225 e. The maximum absolute atomic E-state index is 13.7. The van der Waals surface area contributed by atoms with Crippen molar-refractivity contribution in [2.45, 2.75) is 13.0 Å². The molecule has 0 N–H and O–H groups in total. The molecule has 0 radical (unpaired) electrons. The zero-order valence-corrected chi connectivity index (χ0v) is 10.1. The topological polar surface area (TPSA) is 38.2 Å². The van der Waals surface area contributed by atoms with E-state index in [1.807, 2.05) is 6.92 Å². The van der Waals surface area contributed by atoms with Gasteiger partial charge in [-0.15, -0.1) is 0 Å². The highest BCUT2D eigenvalue weighted by molar-refractivity contribution is 6.32. The van der Waals surface area contributed by atoms with Crippen molar-refractivity contribution >= 4 is 29.0 Å². The Labute approximate surface area is 102 Å². The van der Waals surface area contributed by atoms with Gasteiger partial charge in [-0.25, -0.2) is 4.98 Å². The van der Waals surface area contributed by atoms with Crippen LogP contribution in [0, 0.1) is 5.82 Å². The number of ether oxygens (including phenoxy) is 1. The molecule has 2 rings (SSSR count). The minimum absolute atomic E-state index is 0.0327. The van der Waals surface area contributed by atoms with Crippen molar-refractivity contribution in [3.8, 4) is 0 Å². The maximum atomic E-state index is 13.7. The zero-order chi connectivity index (χ0) is 11.7. The van der Waals surface area contributed by atoms with E-state index in [0.717, 1.165) is 0 Å². The van der Waals surface area contributed by atoms with E-state index in [0.29, 0.717) is 19.8 Å². The summed E-state index contributed by atoms with van der Waals surface area (Å²) >= 11 is 11.3. The van der Waals surface area contributed by atoms with Crippen LogP contribution in [0.3, 0.4) is 0 Å². The SMILES string of the molecule is CC1COCCN1c1nc(Cl)nc(Cl)c1F. The van der Waals surface area contributed by atoms with Gasteiger partial charge in [0.25, 0.3) is 0 Å². The molecule has 1 fully saturated rings. The van der Waals surface area contributed by atoms with E-state index in [1.54, 1.807) is 4.90 Å². The predicted octanol–water partition coefficient (Wildman–Crippen LogP) is 2.15. The van der Waals surface area contributed by atoms with E-state index in [2.05, 4.69) is 9.97 Å². The normalized spacial score (nSPS) is 21.2. The minimum atomic E-state index is -0.639. The van der Waals surface area contributed by atoms with E-state index in [9.17, 15) is 4.39 Å². The minimum Gasteiger partial charge on any atom is -0.377 e. The molecule has 0 saturated carbocycles. The van der Waals surface area contributed by atoms with Gasteiger partial charge in [-0.2, -0.15) is 9.37 Å². The van der Waals surface area contributed by atoms with Crippen LogP contribution in [0.5, 0.6) is 0 Å². The molecule has 1 aromatic heterocycles. The fourth-order valence-electron chi connectivity index (χ4n) is 1.62. The van der Waals surface area contributed by atoms with E-state index in [4.69, 9.17) is 27.9 Å². The van der Waals surface area contributed by atoms with Crippen LogP contribution in [0.15, 0.2) is 0 Å². The summed E-state index contributed by atoms with van der Waals surface area (Å²) in [5.41, 5.74) is 0. The molecule has 88 valence electrons. The second-order valence-corrected chi connectivity index (χ2v) is 4.23. The highest BCUT2D eigenvalue weighted by atomic mass is 35.5. The van der Waals surface area contributed by atoms with Crippen LogP contribution in [0.25, 0.3) is 0 Å². The van der Waals surface area contributed by atoms with Crippen molar-refractivity contribution in [1.29, 1.82) is 0 Å². The van der Waals surface area contributed by atoms with Gasteiger partial charge >= 0.3 is 0 Å². The van der Waals surface area contributed by atoms with Crippen molar-refractivity contribution in [2.24, 2.45) is 0 Å². The van der Waals surface area contributed by atoms with Crippen molar-refractivity contribution in [1.82, 2.24) is 9.97 Å². The summed E-state index contributed by atoms with van der Waals surface area (Å²) in [6, 6.07) is 0.0327. The number of anilines is 1. The highest BCUT2D eigenvalue weighted by Crippen LogP contribution is 2.26. The fraction of sp³-hybridized carbons (Fsp3) is 0.556. The van der Waals surface area contributed by atoms with Gasteiger partial charge in [0, 0.05) is 6.54 Å². The first-order valence-corrected chi connectivity index (χ1v) is 5.58. The molecule has 1 aromatic rings. The average Bonchev–Trinajstić information content (AvgIpc) is 2.24. The molecule has 7 heteroatoms. The average molecular weight is 266 g/mol. The van der Waals surface area contributed by atoms with Gasteiger partial charge in [0.1, 0.15) is 0 Å². The van der Waals surface area contributed by atoms with Crippen molar-refractivity contribution in [3.05, 3.63) is 16.3 Å². The van der Waals surface area contributed by atoms with Crippen molar-refractivity contribution < 1.29 is 9.13 Å². The first-order valence-electron chi connectivity index (χ1n) is 4.82. The van der Waals surface area contributed by atoms with Crippen LogP contribution in [0.2, 0.25) is 10.4 Å². The van der Waals surface area contributed by atoms with Crippen LogP contribution in [-0.4, -0.2) is 35.8 Å². The molecule has 4 nitrogen and oxygen atoms in total. The van der Waals surface area contributed by atoms with Gasteiger partial charge in [-0.1, -0.05) is 11.6 Å². The molecule has 0 spiro atoms. The Morgan fingerprint density at radius 1 is 1.44 bits per heavy atom. The third kappa shape index (κ3) is 2.21. The number of aromatic nitrogens is 2. The molecule has 0 aliphatic carbocycles. The summed E-state index contributed by atoms with van der Waals surface area (Å²) in [5.74, 6) is -0.499. The summed E-state index contributed by atoms with van der Waals surface area (Å²) in [4.78, 5) is 9.19. The van der Waals surface area contributed by atoms with Crippen LogP contribution in [-0.2, 0) is 4.74 Å². The highest BCUT2D eigenvalue weighted by Gasteiger charge is 2.25. The predicted molar refractivity (Wildman–Crippen MR) is 59.6 cm³/mol. The Morgan fingerprint density at radius 3 is 2.88 bits per heavy atom. The third-order valence-corrected chi connectivity index (χ3v) is 2.83. The summed E-state index contributed by atoms with van der Waals surface area (Å²) in [7, 11) is 0. The first kappa shape index (κ1) is 11.8. The molecule has 16 heavy (non-hydrogen) atoms. The van der Waals surface area contributed by atoms with Gasteiger partial charge in [0.2, 0.25) is 11.1 Å². The van der Waals surface area contributed by atoms with E-state index < -0.39 is 5.82 Å². The first-order chi connectivity index (χ1) is 7.59. The standard InChI is InChI=1S/C9H10Cl2FN3O/c1-5-4-16-3-2-15(5)8-6(12)7(10)13-9(11)14-8/h5H,2-4H2,1H3. The van der Waals surface area contributed by atoms with Gasteiger partial charge in [-0.05, 0) is 18.5 Å². The molecule has 2 heterocycles. The van der Waals surface area contributed by atoms with E-state index in [1.165, 1.54) is 0 Å². The summed E-state index contributed by atoms with van der Waals surface area (Å²) in [6.07, 6.45) is 0. The fourth-order valence-corrected chi connectivity index (χ4v) is 1.99. The summed E-state index contributed by atoms with van der Waals surface area (Å²) < 4.78 is 19.0. The molecular formula is C9H10Cl2FN3O. The van der Waals surface area contributed by atoms with Crippen LogP contribution < -0.4 is 4.90 Å². The van der Waals surface area contributed by atoms with E-state index >= 15 is 0 Å². The quantitative estimate of drug-likeness (QED) is 0.576. The number of halogens is 3. The lowest BCUT2D eigenvalue weighted by Crippen LogP contribution is -2.44. The lowest BCUT2D eigenvalue weighted by molar-refractivity contribution is 0.0981. The van der Waals surface area contributed by atoms with Gasteiger partial charge in [-0.3, -0.25) is 0 Å². The Morgan fingerprint density at radius 2 is 2.19 bits per heavy atom. The largest absolute Gasteiger partial charge is 0.377 e. The molecule has 1 aliphatic heterocycles. The molecule has 0 bridgehead atoms. The maximum Gasteiger partial charge on any atom is 0.225 e. The number of hydrogen-bond acceptors (Lipinski definition) is 4. The van der Waals surface area contributed by atoms with Crippen molar-refractivity contribution in [2.75, 3.05) is 24.7 Å². The number of nitrogens with zero attached hydrogens (tertiary/aromatic N) is 3. The molecule has 0 amide bonds. The Kier molecular flexibility index (Phi) is 3.47. The molecule has 1 unspecified atom stereocenters. The second kappa shape index (κ2) is 4.69. The molecule has 0 aromatic carbocycles. The summed E-state index contributed by atoms with van der Waals surface area (Å²) in [6.45, 7) is 3.53. The van der Waals surface area contributed by atoms with Crippen molar-refractivity contribution in [3.63, 3.8) is 0 Å². The van der Waals surface area contributed by atoms with Crippen LogP contribution in [0.1, 0.15) is 6.92 Å². The number of morpholine rings is 1. The Hall–Kier alpha value is -0.650. The second-order valence-electron chi connectivity index (χ2n) is 3.54. The number of rotatable bonds is 1. The monoisotopic (exact) mass is 265 g/mol. The number of hydrogen-bond donors (Lipinski definition) is 0. The molecule has 1 atom stereocenters. The van der Waals surface area contributed by atoms with Crippen LogP contribution >= 0.6 is 23.2 Å². The lowest BCUT2D eigenvalue weighted by Gasteiger charge is -2.34. The molecule has 1 saturated heterocycles. The Bertz CT molecular complexity index is 405. The van der Waals surface area contributed by atoms with E-state index in [-0.39, 0.29) is 22.3 Å². The van der Waals surface area contributed by atoms with Gasteiger partial charge in [0.15, 0.2) is 11.0 Å². The van der Waals surface area contributed by atoms with Gasteiger partial charge in [0.05, 0.1) is 19.3 Å². The van der Waals surface area contributed by atoms with Crippen LogP contribution in [0.4, 0.5) is 10.2 Å². The molecule has 1 aliphatic rings. The zero-order valence-electron chi connectivity index (χ0n) is 8.58. The lowest BCUT2D eigenvalue weighted by atomic mass is 10.2. The van der Waals surface area contributed by atoms with Gasteiger partial charge < -0.3 is 9.64 Å². The molecular weight excluding hydrogens is 256 g/mol. The summed E-state index contributed by atoms with van der Waals surface area (Å²) in [5, 5.41) is -0.311. The Balaban J connectivity index is 2.38.